The number of carboxylic acids is 1. The van der Waals surface area contributed by atoms with Gasteiger partial charge in [0.15, 0.2) is 0 Å². The number of carboxylic acid groups (broad SMARTS) is 1. The zero-order valence-electron chi connectivity index (χ0n) is 7.77. The Balaban J connectivity index is 2.23. The van der Waals surface area contributed by atoms with Crippen LogP contribution in [0, 0.1) is 0 Å². The maximum Gasteiger partial charge on any atom is 0.372 e. The molecule has 0 unspecified atom stereocenters. The fraction of sp³-hybridized carbons (Fsp3) is 0.222. The van der Waals surface area contributed by atoms with Crippen LogP contribution in [0.2, 0.25) is 0 Å². The molecule has 15 heavy (non-hydrogen) atoms. The van der Waals surface area contributed by atoms with Gasteiger partial charge in [-0.3, -0.25) is 0 Å². The van der Waals surface area contributed by atoms with E-state index >= 15 is 0 Å². The van der Waals surface area contributed by atoms with Crippen molar-refractivity contribution >= 4 is 5.97 Å². The van der Waals surface area contributed by atoms with Crippen LogP contribution >= 0.6 is 0 Å². The van der Waals surface area contributed by atoms with Crippen molar-refractivity contribution in [1.29, 1.82) is 0 Å². The van der Waals surface area contributed by atoms with Crippen molar-refractivity contribution in [2.75, 3.05) is 0 Å². The standard InChI is InChI=1S/C9H8N4O2/c14-9(15)8-10-3-6-7-5(11-4-12-7)1-2-13(6)8/h3-4H,1-2H2,(H,11,12)(H,14,15). The van der Waals surface area contributed by atoms with Gasteiger partial charge in [0.2, 0.25) is 5.82 Å². The van der Waals surface area contributed by atoms with Gasteiger partial charge in [-0.15, -0.1) is 0 Å². The summed E-state index contributed by atoms with van der Waals surface area (Å²) in [5.74, 6) is -0.918. The SMILES string of the molecule is O=C(O)c1ncc2n1CCc1[nH]cnc1-2. The second-order valence-electron chi connectivity index (χ2n) is 3.40. The third-order valence-corrected chi connectivity index (χ3v) is 2.59. The Kier molecular flexibility index (Phi) is 1.47. The molecular weight excluding hydrogens is 196 g/mol. The molecule has 0 atom stereocenters. The molecule has 0 amide bonds. The molecule has 6 nitrogen and oxygen atoms in total. The topological polar surface area (TPSA) is 83.8 Å². The molecule has 0 bridgehead atoms. The van der Waals surface area contributed by atoms with Gasteiger partial charge in [-0.05, 0) is 0 Å². The van der Waals surface area contributed by atoms with Gasteiger partial charge in [0.1, 0.15) is 5.69 Å². The summed E-state index contributed by atoms with van der Waals surface area (Å²) >= 11 is 0. The lowest BCUT2D eigenvalue weighted by molar-refractivity contribution is 0.0678. The number of nitrogens with zero attached hydrogens (tertiary/aromatic N) is 3. The van der Waals surface area contributed by atoms with Crippen molar-refractivity contribution in [2.45, 2.75) is 13.0 Å². The number of aromatic carboxylic acids is 1. The first kappa shape index (κ1) is 8.22. The molecule has 76 valence electrons. The van der Waals surface area contributed by atoms with E-state index in [9.17, 15) is 4.79 Å². The van der Waals surface area contributed by atoms with Crippen LogP contribution in [0.1, 0.15) is 16.3 Å². The molecule has 2 N–H and O–H groups in total. The number of aromatic nitrogens is 4. The van der Waals surface area contributed by atoms with Crippen LogP contribution in [0.4, 0.5) is 0 Å². The van der Waals surface area contributed by atoms with Gasteiger partial charge in [-0.1, -0.05) is 0 Å². The van der Waals surface area contributed by atoms with Crippen LogP contribution in [0.15, 0.2) is 12.5 Å². The normalized spacial score (nSPS) is 13.3. The third-order valence-electron chi connectivity index (χ3n) is 2.59. The summed E-state index contributed by atoms with van der Waals surface area (Å²) in [6.07, 6.45) is 3.94. The number of carbonyl (C=O) groups is 1. The maximum absolute atomic E-state index is 10.9. The molecule has 0 aliphatic carbocycles. The molecule has 0 spiro atoms. The number of fused-ring (bicyclic) bond motifs is 3. The molecule has 2 aromatic rings. The highest BCUT2D eigenvalue weighted by molar-refractivity contribution is 5.85. The summed E-state index contributed by atoms with van der Waals surface area (Å²) in [5, 5.41) is 8.92. The molecule has 0 fully saturated rings. The largest absolute Gasteiger partial charge is 0.475 e. The molecular formula is C9H8N4O2. The van der Waals surface area contributed by atoms with Gasteiger partial charge in [-0.2, -0.15) is 0 Å². The highest BCUT2D eigenvalue weighted by atomic mass is 16.4. The third kappa shape index (κ3) is 1.01. The molecule has 3 rings (SSSR count). The molecule has 6 heteroatoms. The average molecular weight is 204 g/mol. The quantitative estimate of drug-likeness (QED) is 0.709. The second-order valence-corrected chi connectivity index (χ2v) is 3.40. The average Bonchev–Trinajstić information content (AvgIpc) is 2.82. The monoisotopic (exact) mass is 204 g/mol. The molecule has 3 heterocycles. The molecule has 0 saturated heterocycles. The van der Waals surface area contributed by atoms with E-state index in [2.05, 4.69) is 15.0 Å². The van der Waals surface area contributed by atoms with Crippen LogP contribution in [0.3, 0.4) is 0 Å². The van der Waals surface area contributed by atoms with E-state index in [1.54, 1.807) is 17.1 Å². The Labute approximate surface area is 84.6 Å². The van der Waals surface area contributed by atoms with E-state index in [-0.39, 0.29) is 5.82 Å². The highest BCUT2D eigenvalue weighted by Crippen LogP contribution is 2.27. The van der Waals surface area contributed by atoms with Crippen molar-refractivity contribution in [2.24, 2.45) is 0 Å². The Hall–Kier alpha value is -2.11. The Morgan fingerprint density at radius 2 is 2.40 bits per heavy atom. The van der Waals surface area contributed by atoms with Crippen LogP contribution < -0.4 is 0 Å². The number of nitrogens with one attached hydrogen (secondary N) is 1. The van der Waals surface area contributed by atoms with Crippen LogP contribution in [0.5, 0.6) is 0 Å². The Morgan fingerprint density at radius 3 is 3.20 bits per heavy atom. The number of rotatable bonds is 1. The maximum atomic E-state index is 10.9. The number of H-pyrrole nitrogens is 1. The van der Waals surface area contributed by atoms with Crippen molar-refractivity contribution in [3.8, 4) is 11.4 Å². The summed E-state index contributed by atoms with van der Waals surface area (Å²) in [7, 11) is 0. The van der Waals surface area contributed by atoms with Crippen LogP contribution in [-0.2, 0) is 13.0 Å². The summed E-state index contributed by atoms with van der Waals surface area (Å²) in [6.45, 7) is 0.631. The van der Waals surface area contributed by atoms with Crippen molar-refractivity contribution in [1.82, 2.24) is 19.5 Å². The van der Waals surface area contributed by atoms with E-state index < -0.39 is 5.97 Å². The number of hydrogen-bond donors (Lipinski definition) is 2. The summed E-state index contributed by atoms with van der Waals surface area (Å²) in [6, 6.07) is 0. The van der Waals surface area contributed by atoms with Gasteiger partial charge in [-0.25, -0.2) is 14.8 Å². The highest BCUT2D eigenvalue weighted by Gasteiger charge is 2.23. The molecule has 1 aliphatic rings. The van der Waals surface area contributed by atoms with Crippen molar-refractivity contribution < 1.29 is 9.90 Å². The zero-order valence-corrected chi connectivity index (χ0v) is 7.77. The second kappa shape index (κ2) is 2.69. The predicted molar refractivity (Wildman–Crippen MR) is 50.5 cm³/mol. The van der Waals surface area contributed by atoms with E-state index in [0.29, 0.717) is 6.54 Å². The van der Waals surface area contributed by atoms with Crippen molar-refractivity contribution in [3.05, 3.63) is 24.0 Å². The smallest absolute Gasteiger partial charge is 0.372 e. The van der Waals surface area contributed by atoms with E-state index in [0.717, 1.165) is 23.5 Å². The number of hydrogen-bond acceptors (Lipinski definition) is 3. The molecule has 0 aromatic carbocycles. The van der Waals surface area contributed by atoms with E-state index in [1.807, 2.05) is 0 Å². The molecule has 0 saturated carbocycles. The minimum absolute atomic E-state index is 0.0821. The Morgan fingerprint density at radius 1 is 1.53 bits per heavy atom. The summed E-state index contributed by atoms with van der Waals surface area (Å²) in [4.78, 5) is 22.0. The minimum atomic E-state index is -1.000. The fourth-order valence-corrected chi connectivity index (χ4v) is 1.92. The van der Waals surface area contributed by atoms with E-state index in [4.69, 9.17) is 5.11 Å². The molecule has 0 radical (unpaired) electrons. The zero-order chi connectivity index (χ0) is 10.4. The van der Waals surface area contributed by atoms with Gasteiger partial charge >= 0.3 is 5.97 Å². The lowest BCUT2D eigenvalue weighted by Crippen LogP contribution is -2.16. The number of aromatic amines is 1. The van der Waals surface area contributed by atoms with Crippen LogP contribution in [0.25, 0.3) is 11.4 Å². The van der Waals surface area contributed by atoms with Gasteiger partial charge in [0, 0.05) is 18.7 Å². The van der Waals surface area contributed by atoms with Gasteiger partial charge in [0.25, 0.3) is 0 Å². The van der Waals surface area contributed by atoms with Crippen molar-refractivity contribution in [3.63, 3.8) is 0 Å². The first-order chi connectivity index (χ1) is 7.27. The minimum Gasteiger partial charge on any atom is -0.475 e. The Bertz CT molecular complexity index is 540. The number of imidazole rings is 2. The first-order valence-electron chi connectivity index (χ1n) is 4.59. The van der Waals surface area contributed by atoms with Gasteiger partial charge in [0.05, 0.1) is 18.2 Å². The molecule has 2 aromatic heterocycles. The van der Waals surface area contributed by atoms with Crippen LogP contribution in [-0.4, -0.2) is 30.6 Å². The molecule has 1 aliphatic heterocycles. The first-order valence-corrected chi connectivity index (χ1v) is 4.59. The fourth-order valence-electron chi connectivity index (χ4n) is 1.92. The predicted octanol–water partition coefficient (Wildman–Crippen LogP) is 0.527. The lowest BCUT2D eigenvalue weighted by Gasteiger charge is -2.14. The summed E-state index contributed by atoms with van der Waals surface area (Å²) < 4.78 is 1.69. The van der Waals surface area contributed by atoms with E-state index in [1.165, 1.54) is 0 Å². The van der Waals surface area contributed by atoms with Gasteiger partial charge < -0.3 is 14.7 Å². The lowest BCUT2D eigenvalue weighted by atomic mass is 10.1. The summed E-state index contributed by atoms with van der Waals surface area (Å²) in [5.41, 5.74) is 2.62. The number of aryl methyl sites for hydroxylation is 1.